The Hall–Kier alpha value is -3.21. The third kappa shape index (κ3) is 2.85. The van der Waals surface area contributed by atoms with E-state index in [0.717, 1.165) is 0 Å². The summed E-state index contributed by atoms with van der Waals surface area (Å²) in [4.78, 5) is 11.7. The topological polar surface area (TPSA) is 113 Å². The van der Waals surface area contributed by atoms with Crippen LogP contribution < -0.4 is 20.5 Å². The molecule has 1 aliphatic rings. The SMILES string of the molecule is Nc1nc(Nc2cccc3c2OC(F)(F)O3)nn1-c1cc(Cl)ncn1. The fraction of sp³-hybridized carbons (Fsp3) is 0.0769. The number of aromatic nitrogens is 5. The lowest BCUT2D eigenvalue weighted by atomic mass is 10.3. The molecular weight excluding hydrogens is 360 g/mol. The van der Waals surface area contributed by atoms with Crippen molar-refractivity contribution in [1.82, 2.24) is 24.7 Å². The molecule has 12 heteroatoms. The van der Waals surface area contributed by atoms with Crippen LogP contribution in [0, 0.1) is 0 Å². The molecule has 0 amide bonds. The number of nitrogens with zero attached hydrogens (tertiary/aromatic N) is 5. The number of ether oxygens (including phenoxy) is 2. The number of rotatable bonds is 3. The molecule has 0 bridgehead atoms. The molecule has 0 unspecified atom stereocenters. The Balaban J connectivity index is 1.66. The molecule has 3 aromatic rings. The van der Waals surface area contributed by atoms with Crippen LogP contribution in [0.4, 0.5) is 26.4 Å². The van der Waals surface area contributed by atoms with Gasteiger partial charge in [0.15, 0.2) is 17.3 Å². The molecular formula is C13H8ClF2N7O2. The quantitative estimate of drug-likeness (QED) is 0.678. The van der Waals surface area contributed by atoms with Crippen molar-refractivity contribution in [3.05, 3.63) is 35.7 Å². The summed E-state index contributed by atoms with van der Waals surface area (Å²) >= 11 is 5.80. The molecule has 0 atom stereocenters. The first-order valence-electron chi connectivity index (χ1n) is 6.78. The number of para-hydroxylation sites is 1. The van der Waals surface area contributed by atoms with E-state index in [1.54, 1.807) is 0 Å². The van der Waals surface area contributed by atoms with E-state index in [9.17, 15) is 8.78 Å². The lowest BCUT2D eigenvalue weighted by Gasteiger charge is -2.07. The summed E-state index contributed by atoms with van der Waals surface area (Å²) in [5, 5.41) is 7.06. The summed E-state index contributed by atoms with van der Waals surface area (Å²) in [5.41, 5.74) is 5.99. The fourth-order valence-corrected chi connectivity index (χ4v) is 2.32. The van der Waals surface area contributed by atoms with Crippen LogP contribution in [0.25, 0.3) is 5.82 Å². The minimum absolute atomic E-state index is 0.00680. The molecule has 1 aliphatic heterocycles. The summed E-state index contributed by atoms with van der Waals surface area (Å²) in [7, 11) is 0. The molecule has 0 spiro atoms. The molecule has 0 radical (unpaired) electrons. The van der Waals surface area contributed by atoms with Crippen LogP contribution in [0.15, 0.2) is 30.6 Å². The number of hydrogen-bond donors (Lipinski definition) is 2. The maximum absolute atomic E-state index is 13.2. The maximum atomic E-state index is 13.2. The molecule has 3 N–H and O–H groups in total. The van der Waals surface area contributed by atoms with Crippen LogP contribution in [0.1, 0.15) is 0 Å². The second kappa shape index (κ2) is 5.41. The minimum Gasteiger partial charge on any atom is -0.395 e. The summed E-state index contributed by atoms with van der Waals surface area (Å²) in [6.07, 6.45) is -2.49. The Bertz CT molecular complexity index is 965. The van der Waals surface area contributed by atoms with Gasteiger partial charge in [-0.15, -0.1) is 13.9 Å². The Kier molecular flexibility index (Phi) is 3.32. The number of anilines is 3. The Morgan fingerprint density at radius 2 is 2.08 bits per heavy atom. The zero-order valence-electron chi connectivity index (χ0n) is 12.2. The van der Waals surface area contributed by atoms with Gasteiger partial charge in [0.1, 0.15) is 11.5 Å². The maximum Gasteiger partial charge on any atom is 0.586 e. The molecule has 1 aromatic carbocycles. The summed E-state index contributed by atoms with van der Waals surface area (Å²) < 4.78 is 36.5. The van der Waals surface area contributed by atoms with E-state index in [4.69, 9.17) is 17.3 Å². The number of hydrogen-bond acceptors (Lipinski definition) is 8. The standard InChI is InChI=1S/C13H8ClF2N7O2/c14-8-4-9(19-5-18-8)23-11(17)21-12(22-23)20-6-2-1-3-7-10(6)25-13(15,16)24-7/h1-5H,(H3,17,20,21,22). The van der Waals surface area contributed by atoms with Gasteiger partial charge in [-0.1, -0.05) is 17.7 Å². The third-order valence-electron chi connectivity index (χ3n) is 3.14. The van der Waals surface area contributed by atoms with Gasteiger partial charge in [-0.05, 0) is 12.1 Å². The Labute approximate surface area is 143 Å². The van der Waals surface area contributed by atoms with Gasteiger partial charge in [-0.3, -0.25) is 0 Å². The van der Waals surface area contributed by atoms with Crippen molar-refractivity contribution in [3.63, 3.8) is 0 Å². The lowest BCUT2D eigenvalue weighted by Crippen LogP contribution is -2.26. The first-order valence-corrected chi connectivity index (χ1v) is 7.15. The smallest absolute Gasteiger partial charge is 0.395 e. The monoisotopic (exact) mass is 367 g/mol. The van der Waals surface area contributed by atoms with Crippen LogP contribution in [0.2, 0.25) is 5.15 Å². The zero-order chi connectivity index (χ0) is 17.6. The third-order valence-corrected chi connectivity index (χ3v) is 3.35. The summed E-state index contributed by atoms with van der Waals surface area (Å²) in [5.74, 6) is 0.0757. The fourth-order valence-electron chi connectivity index (χ4n) is 2.17. The molecule has 0 saturated heterocycles. The van der Waals surface area contributed by atoms with E-state index in [-0.39, 0.29) is 34.2 Å². The number of fused-ring (bicyclic) bond motifs is 1. The van der Waals surface area contributed by atoms with Crippen LogP contribution >= 0.6 is 11.6 Å². The van der Waals surface area contributed by atoms with Gasteiger partial charge >= 0.3 is 6.29 Å². The lowest BCUT2D eigenvalue weighted by molar-refractivity contribution is -0.286. The zero-order valence-corrected chi connectivity index (χ0v) is 12.9. The normalized spacial score (nSPS) is 14.5. The number of nitrogens with one attached hydrogen (secondary N) is 1. The minimum atomic E-state index is -3.73. The number of nitrogens with two attached hydrogens (primary N) is 1. The number of alkyl halides is 2. The van der Waals surface area contributed by atoms with E-state index < -0.39 is 6.29 Å². The highest BCUT2D eigenvalue weighted by molar-refractivity contribution is 6.29. The van der Waals surface area contributed by atoms with Gasteiger partial charge in [0.25, 0.3) is 0 Å². The molecule has 25 heavy (non-hydrogen) atoms. The van der Waals surface area contributed by atoms with Crippen LogP contribution in [-0.2, 0) is 0 Å². The predicted octanol–water partition coefficient (Wildman–Crippen LogP) is 2.36. The van der Waals surface area contributed by atoms with Crippen molar-refractivity contribution in [2.75, 3.05) is 11.1 Å². The van der Waals surface area contributed by atoms with Gasteiger partial charge in [0, 0.05) is 6.07 Å². The molecule has 4 rings (SSSR count). The average molecular weight is 368 g/mol. The van der Waals surface area contributed by atoms with E-state index in [1.807, 2.05) is 0 Å². The van der Waals surface area contributed by atoms with Gasteiger partial charge in [-0.2, -0.15) is 9.67 Å². The first kappa shape index (κ1) is 15.3. The molecule has 2 aromatic heterocycles. The van der Waals surface area contributed by atoms with E-state index in [0.29, 0.717) is 5.82 Å². The van der Waals surface area contributed by atoms with Crippen molar-refractivity contribution in [3.8, 4) is 17.3 Å². The summed E-state index contributed by atoms with van der Waals surface area (Å²) in [6, 6.07) is 5.80. The van der Waals surface area contributed by atoms with Crippen molar-refractivity contribution < 1.29 is 18.3 Å². The number of halogens is 3. The van der Waals surface area contributed by atoms with Gasteiger partial charge in [-0.25, -0.2) is 9.97 Å². The van der Waals surface area contributed by atoms with Crippen molar-refractivity contribution in [2.24, 2.45) is 0 Å². The van der Waals surface area contributed by atoms with Gasteiger partial charge in [0.05, 0.1) is 5.69 Å². The van der Waals surface area contributed by atoms with E-state index in [2.05, 4.69) is 34.8 Å². The van der Waals surface area contributed by atoms with Crippen LogP contribution in [-0.4, -0.2) is 31.0 Å². The molecule has 128 valence electrons. The van der Waals surface area contributed by atoms with E-state index >= 15 is 0 Å². The van der Waals surface area contributed by atoms with Crippen LogP contribution in [0.5, 0.6) is 11.5 Å². The highest BCUT2D eigenvalue weighted by Crippen LogP contribution is 2.46. The first-order chi connectivity index (χ1) is 11.9. The van der Waals surface area contributed by atoms with Crippen molar-refractivity contribution in [1.29, 1.82) is 0 Å². The van der Waals surface area contributed by atoms with E-state index in [1.165, 1.54) is 35.3 Å². The second-order valence-electron chi connectivity index (χ2n) is 4.83. The van der Waals surface area contributed by atoms with Gasteiger partial charge < -0.3 is 20.5 Å². The largest absolute Gasteiger partial charge is 0.586 e. The molecule has 0 fully saturated rings. The molecule has 0 aliphatic carbocycles. The van der Waals surface area contributed by atoms with Gasteiger partial charge in [0.2, 0.25) is 11.9 Å². The highest BCUT2D eigenvalue weighted by atomic mass is 35.5. The molecule has 3 heterocycles. The van der Waals surface area contributed by atoms with Crippen LogP contribution in [0.3, 0.4) is 0 Å². The average Bonchev–Trinajstić information content (AvgIpc) is 3.06. The number of nitrogen functional groups attached to an aromatic ring is 1. The number of benzene rings is 1. The van der Waals surface area contributed by atoms with Crippen molar-refractivity contribution in [2.45, 2.75) is 6.29 Å². The highest BCUT2D eigenvalue weighted by Gasteiger charge is 2.44. The predicted molar refractivity (Wildman–Crippen MR) is 82.3 cm³/mol. The second-order valence-corrected chi connectivity index (χ2v) is 5.22. The summed E-state index contributed by atoms with van der Waals surface area (Å²) in [6.45, 7) is 0. The Morgan fingerprint density at radius 1 is 1.24 bits per heavy atom. The molecule has 0 saturated carbocycles. The van der Waals surface area contributed by atoms with Crippen molar-refractivity contribution >= 4 is 29.2 Å². The Morgan fingerprint density at radius 3 is 2.88 bits per heavy atom. The molecule has 9 nitrogen and oxygen atoms in total.